The zero-order valence-corrected chi connectivity index (χ0v) is 23.9. The molecule has 9 nitrogen and oxygen atoms in total. The minimum absolute atomic E-state index is 0.0280. The Morgan fingerprint density at radius 3 is 2.59 bits per heavy atom. The third-order valence-electron chi connectivity index (χ3n) is 6.30. The van der Waals surface area contributed by atoms with Gasteiger partial charge in [0.15, 0.2) is 4.88 Å². The van der Waals surface area contributed by atoms with E-state index in [9.17, 15) is 22.7 Å². The van der Waals surface area contributed by atoms with Gasteiger partial charge < -0.3 is 19.1 Å². The van der Waals surface area contributed by atoms with Crippen LogP contribution in [0.15, 0.2) is 42.6 Å². The van der Waals surface area contributed by atoms with Gasteiger partial charge in [0.05, 0.1) is 47.3 Å². The summed E-state index contributed by atoms with van der Waals surface area (Å²) < 4.78 is 55.8. The van der Waals surface area contributed by atoms with Crippen LogP contribution < -0.4 is 13.8 Å². The molecule has 0 aliphatic carbocycles. The lowest BCUT2D eigenvalue weighted by molar-refractivity contribution is 0.0698. The van der Waals surface area contributed by atoms with Gasteiger partial charge in [-0.1, -0.05) is 0 Å². The van der Waals surface area contributed by atoms with Crippen molar-refractivity contribution in [3.05, 3.63) is 59.0 Å². The second-order valence-corrected chi connectivity index (χ2v) is 12.5. The van der Waals surface area contributed by atoms with Gasteiger partial charge in [-0.05, 0) is 58.0 Å². The molecule has 4 rings (SSSR count). The maximum absolute atomic E-state index is 14.9. The maximum atomic E-state index is 14.9. The summed E-state index contributed by atoms with van der Waals surface area (Å²) in [6.45, 7) is 7.28. The number of thiophene rings is 1. The van der Waals surface area contributed by atoms with Gasteiger partial charge in [0.25, 0.3) is 0 Å². The van der Waals surface area contributed by atoms with Crippen LogP contribution in [0.4, 0.5) is 10.1 Å². The topological polar surface area (TPSA) is 111 Å². The fraction of sp³-hybridized carbons (Fsp3) is 0.333. The Balaban J connectivity index is 1.75. The van der Waals surface area contributed by atoms with Crippen molar-refractivity contribution in [2.45, 2.75) is 39.5 Å². The Hall–Kier alpha value is -3.64. The molecule has 208 valence electrons. The van der Waals surface area contributed by atoms with Crippen LogP contribution in [0.1, 0.15) is 36.1 Å². The molecule has 3 heterocycles. The molecular formula is C27H30FN3O6S2. The Kier molecular flexibility index (Phi) is 8.17. The van der Waals surface area contributed by atoms with E-state index in [4.69, 9.17) is 9.47 Å². The van der Waals surface area contributed by atoms with E-state index in [1.807, 2.05) is 13.0 Å². The van der Waals surface area contributed by atoms with E-state index in [-0.39, 0.29) is 23.7 Å². The first-order valence-electron chi connectivity index (χ1n) is 12.3. The van der Waals surface area contributed by atoms with E-state index in [1.54, 1.807) is 49.6 Å². The van der Waals surface area contributed by atoms with Crippen molar-refractivity contribution in [1.29, 1.82) is 0 Å². The van der Waals surface area contributed by atoms with Crippen molar-refractivity contribution in [2.75, 3.05) is 24.6 Å². The summed E-state index contributed by atoms with van der Waals surface area (Å²) in [5.74, 6) is -0.786. The van der Waals surface area contributed by atoms with Crippen molar-refractivity contribution in [3.8, 4) is 22.1 Å². The molecule has 0 unspecified atom stereocenters. The molecule has 0 bridgehead atoms. The van der Waals surface area contributed by atoms with Crippen LogP contribution in [0.2, 0.25) is 0 Å². The van der Waals surface area contributed by atoms with Gasteiger partial charge in [-0.15, -0.1) is 11.3 Å². The van der Waals surface area contributed by atoms with E-state index in [0.717, 1.165) is 17.0 Å². The number of aryl methyl sites for hydroxylation is 1. The van der Waals surface area contributed by atoms with Crippen LogP contribution in [0.5, 0.6) is 11.5 Å². The number of sulfonamides is 1. The Labute approximate surface area is 230 Å². The van der Waals surface area contributed by atoms with E-state index in [0.29, 0.717) is 39.5 Å². The third kappa shape index (κ3) is 5.44. The number of nitrogens with zero attached hydrogens (tertiary/aromatic N) is 3. The van der Waals surface area contributed by atoms with Crippen molar-refractivity contribution in [2.24, 2.45) is 0 Å². The Morgan fingerprint density at radius 2 is 1.95 bits per heavy atom. The molecule has 4 aromatic rings. The molecule has 3 aromatic heterocycles. The van der Waals surface area contributed by atoms with Crippen LogP contribution in [0, 0.1) is 12.7 Å². The summed E-state index contributed by atoms with van der Waals surface area (Å²) in [5.41, 5.74) is 1.87. The number of benzene rings is 1. The van der Waals surface area contributed by atoms with Gasteiger partial charge >= 0.3 is 5.97 Å². The van der Waals surface area contributed by atoms with Crippen LogP contribution in [0.25, 0.3) is 21.5 Å². The van der Waals surface area contributed by atoms with E-state index in [1.165, 1.54) is 23.7 Å². The number of carboxylic acids is 1. The largest absolute Gasteiger partial charge is 0.496 e. The molecule has 0 aliphatic heterocycles. The third-order valence-corrected chi connectivity index (χ3v) is 9.63. The highest BCUT2D eigenvalue weighted by Gasteiger charge is 2.28. The molecule has 0 atom stereocenters. The standard InChI is InChI=1S/C27H30FN3O6S2/c1-6-37-23-15-24(38-26(23)27(32)33)21-14-18(9-10-29-21)31(39(34,35)16(2)3)12-11-30-17(4)13-19-22(36-5)8-7-20(28)25(19)30/h7-10,13-16H,6,11-12H2,1-5H3,(H,32,33). The van der Waals surface area contributed by atoms with Gasteiger partial charge in [0, 0.05) is 29.9 Å². The number of carbonyl (C=O) groups is 1. The summed E-state index contributed by atoms with van der Waals surface area (Å²) in [7, 11) is -2.28. The minimum Gasteiger partial charge on any atom is -0.496 e. The number of hydrogen-bond acceptors (Lipinski definition) is 7. The molecule has 1 N–H and O–H groups in total. The van der Waals surface area contributed by atoms with Crippen LogP contribution in [0.3, 0.4) is 0 Å². The fourth-order valence-electron chi connectivity index (χ4n) is 4.38. The molecule has 0 aliphatic rings. The summed E-state index contributed by atoms with van der Waals surface area (Å²) in [6.07, 6.45) is 1.48. The molecule has 0 fully saturated rings. The lowest BCUT2D eigenvalue weighted by Crippen LogP contribution is -2.38. The van der Waals surface area contributed by atoms with Crippen molar-refractivity contribution < 1.29 is 32.2 Å². The van der Waals surface area contributed by atoms with Gasteiger partial charge in [0.2, 0.25) is 10.0 Å². The summed E-state index contributed by atoms with van der Waals surface area (Å²) in [6, 6.07) is 9.50. The monoisotopic (exact) mass is 575 g/mol. The minimum atomic E-state index is -3.80. The molecule has 12 heteroatoms. The number of aromatic carboxylic acids is 1. The van der Waals surface area contributed by atoms with Gasteiger partial charge in [-0.3, -0.25) is 9.29 Å². The number of pyridine rings is 1. The first kappa shape index (κ1) is 28.4. The molecule has 0 saturated heterocycles. The maximum Gasteiger partial charge on any atom is 0.349 e. The van der Waals surface area contributed by atoms with E-state index in [2.05, 4.69) is 4.98 Å². The number of fused-ring (bicyclic) bond motifs is 1. The highest BCUT2D eigenvalue weighted by molar-refractivity contribution is 7.93. The van der Waals surface area contributed by atoms with Gasteiger partial charge in [-0.2, -0.15) is 0 Å². The normalized spacial score (nSPS) is 11.8. The smallest absolute Gasteiger partial charge is 0.349 e. The molecule has 0 amide bonds. The number of aromatic nitrogens is 2. The van der Waals surface area contributed by atoms with Crippen molar-refractivity contribution in [1.82, 2.24) is 9.55 Å². The highest BCUT2D eigenvalue weighted by atomic mass is 32.2. The average Bonchev–Trinajstić information content (AvgIpc) is 3.46. The summed E-state index contributed by atoms with van der Waals surface area (Å²) >= 11 is 1.00. The highest BCUT2D eigenvalue weighted by Crippen LogP contribution is 2.37. The van der Waals surface area contributed by atoms with Gasteiger partial charge in [-0.25, -0.2) is 17.6 Å². The molecule has 0 radical (unpaired) electrons. The van der Waals surface area contributed by atoms with Gasteiger partial charge in [0.1, 0.15) is 17.3 Å². The predicted molar refractivity (Wildman–Crippen MR) is 150 cm³/mol. The molecule has 0 saturated carbocycles. The quantitative estimate of drug-likeness (QED) is 0.249. The number of anilines is 1. The number of halogens is 1. The number of methoxy groups -OCH3 is 1. The predicted octanol–water partition coefficient (Wildman–Crippen LogP) is 5.56. The number of ether oxygens (including phenoxy) is 2. The second kappa shape index (κ2) is 11.2. The van der Waals surface area contributed by atoms with E-state index >= 15 is 0 Å². The number of carboxylic acid groups (broad SMARTS) is 1. The van der Waals surface area contributed by atoms with Crippen LogP contribution in [-0.2, 0) is 16.6 Å². The van der Waals surface area contributed by atoms with Crippen molar-refractivity contribution >= 4 is 43.9 Å². The molecular weight excluding hydrogens is 545 g/mol. The Bertz CT molecular complexity index is 1630. The zero-order chi connectivity index (χ0) is 28.5. The summed E-state index contributed by atoms with van der Waals surface area (Å²) in [4.78, 5) is 16.6. The Morgan fingerprint density at radius 1 is 1.21 bits per heavy atom. The number of rotatable bonds is 11. The lowest BCUT2D eigenvalue weighted by atomic mass is 10.2. The first-order chi connectivity index (χ1) is 18.5. The first-order valence-corrected chi connectivity index (χ1v) is 14.6. The average molecular weight is 576 g/mol. The summed E-state index contributed by atoms with van der Waals surface area (Å²) in [5, 5.41) is 9.44. The van der Waals surface area contributed by atoms with Crippen LogP contribution in [-0.4, -0.2) is 54.6 Å². The number of hydrogen-bond donors (Lipinski definition) is 1. The fourth-order valence-corrected chi connectivity index (χ4v) is 6.54. The molecule has 1 aromatic carbocycles. The lowest BCUT2D eigenvalue weighted by Gasteiger charge is -2.27. The van der Waals surface area contributed by atoms with Crippen molar-refractivity contribution in [3.63, 3.8) is 0 Å². The second-order valence-electron chi connectivity index (χ2n) is 9.06. The SMILES string of the molecule is CCOc1cc(-c2cc(N(CCn3c(C)cc4c(OC)ccc(F)c43)S(=O)(=O)C(C)C)ccn2)sc1C(=O)O. The molecule has 39 heavy (non-hydrogen) atoms. The zero-order valence-electron chi connectivity index (χ0n) is 22.3. The van der Waals surface area contributed by atoms with E-state index < -0.39 is 27.1 Å². The molecule has 0 spiro atoms. The van der Waals surface area contributed by atoms with Crippen LogP contribution >= 0.6 is 11.3 Å².